The Hall–Kier alpha value is -0.580. The number of nitrogens with two attached hydrogens (primary N) is 1. The molecule has 3 atom stereocenters. The molecule has 3 nitrogen and oxygen atoms in total. The maximum atomic E-state index is 9.68. The first-order chi connectivity index (χ1) is 8.49. The normalized spacial score (nSPS) is 23.2. The first-order valence-electron chi connectivity index (χ1n) is 6.47. The van der Waals surface area contributed by atoms with E-state index in [4.69, 9.17) is 5.73 Å². The topological polar surface area (TPSA) is 49.5 Å². The van der Waals surface area contributed by atoms with Gasteiger partial charge in [0.2, 0.25) is 0 Å². The minimum Gasteiger partial charge on any atom is -0.393 e. The van der Waals surface area contributed by atoms with E-state index in [-0.39, 0.29) is 12.1 Å². The maximum Gasteiger partial charge on any atom is 0.0557 e. The summed E-state index contributed by atoms with van der Waals surface area (Å²) in [7, 11) is 0. The second-order valence-electron chi connectivity index (χ2n) is 5.23. The van der Waals surface area contributed by atoms with Crippen LogP contribution in [-0.4, -0.2) is 24.3 Å². The summed E-state index contributed by atoms with van der Waals surface area (Å²) in [5.74, 6) is 0.370. The van der Waals surface area contributed by atoms with Gasteiger partial charge in [-0.3, -0.25) is 0 Å². The van der Waals surface area contributed by atoms with Crippen molar-refractivity contribution in [3.05, 3.63) is 28.2 Å². The Balaban J connectivity index is 2.24. The van der Waals surface area contributed by atoms with Crippen LogP contribution < -0.4 is 10.6 Å². The van der Waals surface area contributed by atoms with E-state index in [1.807, 2.05) is 13.8 Å². The van der Waals surface area contributed by atoms with Gasteiger partial charge in [-0.15, -0.1) is 0 Å². The molecule has 0 spiro atoms. The average Bonchev–Trinajstić information content (AvgIpc) is 2.78. The molecule has 1 aliphatic heterocycles. The highest BCUT2D eigenvalue weighted by molar-refractivity contribution is 9.10. The molecule has 0 radical (unpaired) electrons. The molecule has 1 fully saturated rings. The Labute approximate surface area is 117 Å². The van der Waals surface area contributed by atoms with E-state index < -0.39 is 0 Å². The zero-order chi connectivity index (χ0) is 13.3. The van der Waals surface area contributed by atoms with Crippen LogP contribution in [0, 0.1) is 5.92 Å². The Morgan fingerprint density at radius 2 is 2.17 bits per heavy atom. The summed E-state index contributed by atoms with van der Waals surface area (Å²) in [6.07, 6.45) is 0.816. The number of rotatable bonds is 3. The first-order valence-corrected chi connectivity index (χ1v) is 7.26. The predicted molar refractivity (Wildman–Crippen MR) is 78.7 cm³/mol. The zero-order valence-electron chi connectivity index (χ0n) is 10.9. The van der Waals surface area contributed by atoms with Gasteiger partial charge in [0.05, 0.1) is 6.10 Å². The summed E-state index contributed by atoms with van der Waals surface area (Å²) < 4.78 is 1.06. The van der Waals surface area contributed by atoms with Crippen molar-refractivity contribution in [1.82, 2.24) is 0 Å². The Kier molecular flexibility index (Phi) is 4.30. The molecule has 0 saturated carbocycles. The molecule has 1 aliphatic rings. The highest BCUT2D eigenvalue weighted by Gasteiger charge is 2.27. The molecular formula is C14H21BrN2O. The van der Waals surface area contributed by atoms with E-state index in [9.17, 15) is 5.11 Å². The largest absolute Gasteiger partial charge is 0.393 e. The van der Waals surface area contributed by atoms with Crippen LogP contribution in [0.2, 0.25) is 0 Å². The minimum absolute atomic E-state index is 0.0168. The summed E-state index contributed by atoms with van der Waals surface area (Å²) in [5, 5.41) is 9.68. The molecule has 3 unspecified atom stereocenters. The third-order valence-corrected chi connectivity index (χ3v) is 4.22. The van der Waals surface area contributed by atoms with Gasteiger partial charge >= 0.3 is 0 Å². The summed E-state index contributed by atoms with van der Waals surface area (Å²) in [6.45, 7) is 5.80. The van der Waals surface area contributed by atoms with E-state index >= 15 is 0 Å². The number of anilines is 1. The second-order valence-corrected chi connectivity index (χ2v) is 6.14. The van der Waals surface area contributed by atoms with Crippen LogP contribution in [0.15, 0.2) is 22.7 Å². The molecule has 2 rings (SSSR count). The predicted octanol–water partition coefficient (Wildman–Crippen LogP) is 2.68. The molecule has 18 heavy (non-hydrogen) atoms. The number of nitrogens with zero attached hydrogens (tertiary/aromatic N) is 1. The van der Waals surface area contributed by atoms with Crippen molar-refractivity contribution < 1.29 is 5.11 Å². The summed E-state index contributed by atoms with van der Waals surface area (Å²) in [5.41, 5.74) is 8.42. The van der Waals surface area contributed by atoms with E-state index in [0.717, 1.165) is 29.5 Å². The fraction of sp³-hybridized carbons (Fsp3) is 0.571. The first kappa shape index (κ1) is 13.8. The van der Waals surface area contributed by atoms with Crippen LogP contribution in [0.25, 0.3) is 0 Å². The van der Waals surface area contributed by atoms with Gasteiger partial charge in [-0.1, -0.05) is 15.9 Å². The lowest BCUT2D eigenvalue weighted by atomic mass is 10.0. The second kappa shape index (κ2) is 5.59. The van der Waals surface area contributed by atoms with E-state index in [2.05, 4.69) is 39.0 Å². The van der Waals surface area contributed by atoms with Crippen LogP contribution in [0.3, 0.4) is 0 Å². The van der Waals surface area contributed by atoms with Gasteiger partial charge in [0.15, 0.2) is 0 Å². The van der Waals surface area contributed by atoms with Crippen LogP contribution in [-0.2, 0) is 0 Å². The van der Waals surface area contributed by atoms with Crippen molar-refractivity contribution in [2.24, 2.45) is 11.7 Å². The Bertz CT molecular complexity index is 420. The molecule has 0 aliphatic carbocycles. The van der Waals surface area contributed by atoms with E-state index in [0.29, 0.717) is 5.92 Å². The monoisotopic (exact) mass is 312 g/mol. The van der Waals surface area contributed by atoms with Crippen LogP contribution in [0.5, 0.6) is 0 Å². The Morgan fingerprint density at radius 3 is 2.72 bits per heavy atom. The average molecular weight is 313 g/mol. The van der Waals surface area contributed by atoms with Crippen molar-refractivity contribution in [3.63, 3.8) is 0 Å². The van der Waals surface area contributed by atoms with Crippen LogP contribution >= 0.6 is 15.9 Å². The van der Waals surface area contributed by atoms with Crippen LogP contribution in [0.4, 0.5) is 5.69 Å². The molecule has 1 heterocycles. The van der Waals surface area contributed by atoms with Gasteiger partial charge < -0.3 is 15.7 Å². The molecule has 100 valence electrons. The molecular weight excluding hydrogens is 292 g/mol. The summed E-state index contributed by atoms with van der Waals surface area (Å²) >= 11 is 3.49. The van der Waals surface area contributed by atoms with Crippen molar-refractivity contribution in [2.45, 2.75) is 32.4 Å². The third kappa shape index (κ3) is 2.87. The van der Waals surface area contributed by atoms with Gasteiger partial charge in [0.1, 0.15) is 0 Å². The molecule has 0 aromatic heterocycles. The zero-order valence-corrected chi connectivity index (χ0v) is 12.5. The number of halogens is 1. The lowest BCUT2D eigenvalue weighted by molar-refractivity contribution is 0.136. The smallest absolute Gasteiger partial charge is 0.0557 e. The number of hydrogen-bond donors (Lipinski definition) is 2. The number of benzene rings is 1. The number of aliphatic hydroxyl groups excluding tert-OH is 1. The van der Waals surface area contributed by atoms with E-state index in [1.165, 1.54) is 5.69 Å². The molecule has 4 heteroatoms. The van der Waals surface area contributed by atoms with Gasteiger partial charge in [-0.25, -0.2) is 0 Å². The SMILES string of the molecule is CC(N)c1cc(Br)ccc1N1CCC(C(C)O)C1. The highest BCUT2D eigenvalue weighted by atomic mass is 79.9. The van der Waals surface area contributed by atoms with Crippen LogP contribution in [0.1, 0.15) is 31.9 Å². The highest BCUT2D eigenvalue weighted by Crippen LogP contribution is 2.32. The summed E-state index contributed by atoms with van der Waals surface area (Å²) in [6, 6.07) is 6.28. The van der Waals surface area contributed by atoms with Crippen molar-refractivity contribution in [3.8, 4) is 0 Å². The fourth-order valence-electron chi connectivity index (χ4n) is 2.58. The number of hydrogen-bond acceptors (Lipinski definition) is 3. The van der Waals surface area contributed by atoms with E-state index in [1.54, 1.807) is 0 Å². The van der Waals surface area contributed by atoms with Gasteiger partial charge in [0.25, 0.3) is 0 Å². The third-order valence-electron chi connectivity index (χ3n) is 3.73. The Morgan fingerprint density at radius 1 is 1.44 bits per heavy atom. The van der Waals surface area contributed by atoms with Crippen molar-refractivity contribution in [2.75, 3.05) is 18.0 Å². The number of aliphatic hydroxyl groups is 1. The fourth-order valence-corrected chi connectivity index (χ4v) is 2.96. The summed E-state index contributed by atoms with van der Waals surface area (Å²) in [4.78, 5) is 2.34. The molecule has 1 aromatic carbocycles. The standard InChI is InChI=1S/C14H21BrN2O/c1-9(16)13-7-12(15)3-4-14(13)17-6-5-11(8-17)10(2)18/h3-4,7,9-11,18H,5-6,8,16H2,1-2H3. The molecule has 1 aromatic rings. The lowest BCUT2D eigenvalue weighted by Crippen LogP contribution is -2.25. The van der Waals surface area contributed by atoms with Crippen molar-refractivity contribution in [1.29, 1.82) is 0 Å². The molecule has 0 bridgehead atoms. The van der Waals surface area contributed by atoms with Gasteiger partial charge in [-0.05, 0) is 44.0 Å². The van der Waals surface area contributed by atoms with Crippen molar-refractivity contribution >= 4 is 21.6 Å². The van der Waals surface area contributed by atoms with Gasteiger partial charge in [0, 0.05) is 35.2 Å². The van der Waals surface area contributed by atoms with Gasteiger partial charge in [-0.2, -0.15) is 0 Å². The maximum absolute atomic E-state index is 9.68. The minimum atomic E-state index is -0.232. The molecule has 0 amide bonds. The lowest BCUT2D eigenvalue weighted by Gasteiger charge is -2.24. The molecule has 3 N–H and O–H groups in total. The molecule has 1 saturated heterocycles. The quantitative estimate of drug-likeness (QED) is 0.902.